The van der Waals surface area contributed by atoms with Gasteiger partial charge in [0.05, 0.1) is 5.52 Å². The maximum Gasteiger partial charge on any atom is 0.0529 e. The number of allylic oxidation sites excluding steroid dienone is 1. The Morgan fingerprint density at radius 1 is 1.11 bits per heavy atom. The molecule has 27 heavy (non-hydrogen) atoms. The van der Waals surface area contributed by atoms with Crippen LogP contribution in [0.3, 0.4) is 0 Å². The summed E-state index contributed by atoms with van der Waals surface area (Å²) in [6, 6.07) is 13.5. The number of hydrogen-bond acceptors (Lipinski definition) is 1. The molecule has 0 bridgehead atoms. The molecule has 1 aliphatic rings. The van der Waals surface area contributed by atoms with Gasteiger partial charge in [-0.25, -0.2) is 0 Å². The Balaban J connectivity index is 1.96. The highest BCUT2D eigenvalue weighted by atomic mass is 35.5. The Bertz CT molecular complexity index is 1060. The fraction of sp³-hybridized carbons (Fsp3) is 0.333. The molecule has 0 fully saturated rings. The predicted octanol–water partition coefficient (Wildman–Crippen LogP) is 6.48. The van der Waals surface area contributed by atoms with Gasteiger partial charge in [0.25, 0.3) is 0 Å². The maximum atomic E-state index is 6.54. The van der Waals surface area contributed by atoms with E-state index in [1.165, 1.54) is 38.9 Å². The van der Waals surface area contributed by atoms with Crippen molar-refractivity contribution in [3.05, 3.63) is 69.4 Å². The molecule has 0 amide bonds. The minimum atomic E-state index is 0.388. The lowest BCUT2D eigenvalue weighted by atomic mass is 9.98. The van der Waals surface area contributed by atoms with Crippen molar-refractivity contribution in [3.63, 3.8) is 0 Å². The second kappa shape index (κ2) is 6.85. The summed E-state index contributed by atoms with van der Waals surface area (Å²) in [5.74, 6) is 0. The molecule has 3 heteroatoms. The molecule has 0 saturated heterocycles. The third kappa shape index (κ3) is 3.11. The van der Waals surface area contributed by atoms with E-state index in [9.17, 15) is 0 Å². The molecule has 1 unspecified atom stereocenters. The Morgan fingerprint density at radius 3 is 2.56 bits per heavy atom. The first-order chi connectivity index (χ1) is 12.9. The van der Waals surface area contributed by atoms with Crippen LogP contribution in [0.25, 0.3) is 22.7 Å². The quantitative estimate of drug-likeness (QED) is 0.495. The highest BCUT2D eigenvalue weighted by Gasteiger charge is 2.27. The van der Waals surface area contributed by atoms with Gasteiger partial charge in [0, 0.05) is 34.9 Å². The number of fused-ring (bicyclic) bond motifs is 3. The minimum absolute atomic E-state index is 0.388. The number of likely N-dealkylation sites (N-methyl/N-ethyl adjacent to an activating group) is 1. The molecule has 2 aromatic carbocycles. The van der Waals surface area contributed by atoms with E-state index in [4.69, 9.17) is 11.6 Å². The smallest absolute Gasteiger partial charge is 0.0529 e. The minimum Gasteiger partial charge on any atom is -0.318 e. The van der Waals surface area contributed by atoms with E-state index in [-0.39, 0.29) is 0 Å². The highest BCUT2D eigenvalue weighted by Crippen LogP contribution is 2.38. The first-order valence-corrected chi connectivity index (χ1v) is 10.0. The van der Waals surface area contributed by atoms with Crippen LogP contribution in [0.1, 0.15) is 47.8 Å². The summed E-state index contributed by atoms with van der Waals surface area (Å²) in [4.78, 5) is 2.44. The van der Waals surface area contributed by atoms with Gasteiger partial charge in [-0.2, -0.15) is 0 Å². The molecule has 0 aliphatic carbocycles. The van der Waals surface area contributed by atoms with Gasteiger partial charge >= 0.3 is 0 Å². The Kier molecular flexibility index (Phi) is 4.65. The zero-order valence-corrected chi connectivity index (χ0v) is 17.6. The molecule has 1 aromatic heterocycles. The number of halogens is 1. The summed E-state index contributed by atoms with van der Waals surface area (Å²) in [7, 11) is 2.22. The third-order valence-corrected chi connectivity index (χ3v) is 6.26. The molecule has 2 nitrogen and oxygen atoms in total. The molecule has 0 spiro atoms. The second-order valence-corrected chi connectivity index (χ2v) is 8.36. The van der Waals surface area contributed by atoms with E-state index in [1.807, 2.05) is 6.07 Å². The van der Waals surface area contributed by atoms with Crippen molar-refractivity contribution in [2.75, 3.05) is 13.6 Å². The van der Waals surface area contributed by atoms with Crippen LogP contribution in [0.15, 0.2) is 36.4 Å². The molecular weight excluding hydrogens is 352 g/mol. The molecule has 0 saturated carbocycles. The number of nitrogens with zero attached hydrogens (tertiary/aromatic N) is 2. The Morgan fingerprint density at radius 2 is 1.81 bits per heavy atom. The number of hydrogen-bond donors (Lipinski definition) is 0. The van der Waals surface area contributed by atoms with Crippen molar-refractivity contribution >= 4 is 34.3 Å². The van der Waals surface area contributed by atoms with Crippen LogP contribution in [-0.4, -0.2) is 23.1 Å². The predicted molar refractivity (Wildman–Crippen MR) is 117 cm³/mol. The van der Waals surface area contributed by atoms with E-state index >= 15 is 0 Å². The third-order valence-electron chi connectivity index (χ3n) is 5.95. The zero-order valence-electron chi connectivity index (χ0n) is 16.8. The summed E-state index contributed by atoms with van der Waals surface area (Å²) in [6.07, 6.45) is 3.37. The lowest BCUT2D eigenvalue weighted by Crippen LogP contribution is -2.31. The zero-order chi connectivity index (χ0) is 19.3. The van der Waals surface area contributed by atoms with Crippen molar-refractivity contribution in [2.24, 2.45) is 0 Å². The maximum absolute atomic E-state index is 6.54. The van der Waals surface area contributed by atoms with Crippen molar-refractivity contribution < 1.29 is 0 Å². The van der Waals surface area contributed by atoms with Gasteiger partial charge in [-0.15, -0.1) is 0 Å². The van der Waals surface area contributed by atoms with E-state index in [0.717, 1.165) is 23.6 Å². The van der Waals surface area contributed by atoms with E-state index < -0.39 is 0 Å². The van der Waals surface area contributed by atoms with Gasteiger partial charge in [-0.05, 0) is 81.6 Å². The van der Waals surface area contributed by atoms with Crippen LogP contribution >= 0.6 is 11.6 Å². The summed E-state index contributed by atoms with van der Waals surface area (Å²) < 4.78 is 2.40. The Labute approximate surface area is 167 Å². The SMILES string of the molecule is C/C(=C/n1c2c(c3cc(C)ccc31)CCN(C)C2C)c1ccc(C)cc1Cl. The van der Waals surface area contributed by atoms with Crippen molar-refractivity contribution in [1.82, 2.24) is 9.47 Å². The molecule has 140 valence electrons. The van der Waals surface area contributed by atoms with Gasteiger partial charge in [-0.1, -0.05) is 35.4 Å². The van der Waals surface area contributed by atoms with Gasteiger partial charge in [0.1, 0.15) is 0 Å². The summed E-state index contributed by atoms with van der Waals surface area (Å²) >= 11 is 6.54. The van der Waals surface area contributed by atoms with Gasteiger partial charge in [0.15, 0.2) is 0 Å². The largest absolute Gasteiger partial charge is 0.318 e. The van der Waals surface area contributed by atoms with Crippen LogP contribution in [0, 0.1) is 13.8 Å². The van der Waals surface area contributed by atoms with Crippen molar-refractivity contribution in [1.29, 1.82) is 0 Å². The number of aromatic nitrogens is 1. The van der Waals surface area contributed by atoms with Crippen molar-refractivity contribution in [2.45, 2.75) is 40.2 Å². The molecule has 2 heterocycles. The fourth-order valence-electron chi connectivity index (χ4n) is 4.26. The first-order valence-electron chi connectivity index (χ1n) is 9.65. The van der Waals surface area contributed by atoms with Gasteiger partial charge in [-0.3, -0.25) is 4.90 Å². The molecule has 0 N–H and O–H groups in total. The summed E-state index contributed by atoms with van der Waals surface area (Å²) in [5.41, 5.74) is 8.98. The van der Waals surface area contributed by atoms with E-state index in [0.29, 0.717) is 6.04 Å². The van der Waals surface area contributed by atoms with Crippen molar-refractivity contribution in [3.8, 4) is 0 Å². The van der Waals surface area contributed by atoms with E-state index in [1.54, 1.807) is 0 Å². The molecule has 1 aliphatic heterocycles. The standard InChI is InChI=1S/C24H27ClN2/c1-15-7-9-23-21(12-15)20-10-11-26(5)18(4)24(20)27(23)14-17(3)19-8-6-16(2)13-22(19)25/h6-9,12-14,18H,10-11H2,1-5H3/b17-14-. The van der Waals surface area contributed by atoms with Crippen LogP contribution < -0.4 is 0 Å². The Hall–Kier alpha value is -2.03. The average Bonchev–Trinajstić information content (AvgIpc) is 2.91. The van der Waals surface area contributed by atoms with Gasteiger partial charge < -0.3 is 4.57 Å². The first kappa shape index (κ1) is 18.3. The lowest BCUT2D eigenvalue weighted by molar-refractivity contribution is 0.242. The fourth-order valence-corrected chi connectivity index (χ4v) is 4.65. The summed E-state index contributed by atoms with van der Waals surface area (Å²) in [5, 5.41) is 2.21. The molecule has 1 atom stereocenters. The van der Waals surface area contributed by atoms with Crippen LogP contribution in [-0.2, 0) is 6.42 Å². The van der Waals surface area contributed by atoms with Crippen LogP contribution in [0.2, 0.25) is 5.02 Å². The topological polar surface area (TPSA) is 8.17 Å². The molecular formula is C24H27ClN2. The lowest BCUT2D eigenvalue weighted by Gasteiger charge is -2.31. The normalized spacial score (nSPS) is 18.1. The monoisotopic (exact) mass is 378 g/mol. The number of aryl methyl sites for hydroxylation is 2. The average molecular weight is 379 g/mol. The second-order valence-electron chi connectivity index (χ2n) is 7.96. The summed E-state index contributed by atoms with van der Waals surface area (Å²) in [6.45, 7) is 9.81. The molecule has 0 radical (unpaired) electrons. The molecule has 3 aromatic rings. The number of rotatable bonds is 2. The van der Waals surface area contributed by atoms with E-state index in [2.05, 4.69) is 80.7 Å². The van der Waals surface area contributed by atoms with Crippen LogP contribution in [0.4, 0.5) is 0 Å². The number of benzene rings is 2. The highest BCUT2D eigenvalue weighted by molar-refractivity contribution is 6.32. The van der Waals surface area contributed by atoms with Crippen LogP contribution in [0.5, 0.6) is 0 Å². The molecule has 4 rings (SSSR count). The van der Waals surface area contributed by atoms with Gasteiger partial charge in [0.2, 0.25) is 0 Å².